The highest BCUT2D eigenvalue weighted by molar-refractivity contribution is 7.99. The van der Waals surface area contributed by atoms with E-state index in [1.807, 2.05) is 6.92 Å². The molecule has 0 saturated carbocycles. The zero-order valence-electron chi connectivity index (χ0n) is 13.3. The summed E-state index contributed by atoms with van der Waals surface area (Å²) >= 11 is 1.15. The van der Waals surface area contributed by atoms with E-state index in [9.17, 15) is 9.59 Å². The molecule has 2 aromatic rings. The maximum absolute atomic E-state index is 12.1. The average Bonchev–Trinajstić information content (AvgIpc) is 2.89. The number of thioether (sulfide) groups is 1. The Balaban J connectivity index is 1.69. The third-order valence-corrected chi connectivity index (χ3v) is 4.43. The molecule has 2 heterocycles. The molecule has 1 atom stereocenters. The quantitative estimate of drug-likeness (QED) is 0.695. The molecule has 0 aliphatic heterocycles. The molecule has 1 aliphatic carbocycles. The van der Waals surface area contributed by atoms with Crippen molar-refractivity contribution >= 4 is 35.3 Å². The number of carbonyl (C=O) groups excluding carboxylic acids is 2. The molecule has 0 bridgehead atoms. The molecule has 9 nitrogen and oxygen atoms in total. The molecule has 0 saturated heterocycles. The Morgan fingerprint density at radius 3 is 2.88 bits per heavy atom. The Morgan fingerprint density at radius 1 is 1.38 bits per heavy atom. The number of nitrogens with two attached hydrogens (primary N) is 1. The number of hydrogen-bond donors (Lipinski definition) is 3. The number of aryl methyl sites for hydroxylation is 1. The molecule has 1 amide bonds. The van der Waals surface area contributed by atoms with E-state index in [1.165, 1.54) is 0 Å². The van der Waals surface area contributed by atoms with Crippen LogP contribution in [0.15, 0.2) is 5.16 Å². The average molecular weight is 347 g/mol. The van der Waals surface area contributed by atoms with Gasteiger partial charge in [0, 0.05) is 6.42 Å². The Bertz CT molecular complexity index is 804. The van der Waals surface area contributed by atoms with Crippen molar-refractivity contribution in [3.05, 3.63) is 17.0 Å². The lowest BCUT2D eigenvalue weighted by atomic mass is 9.86. The fourth-order valence-corrected chi connectivity index (χ4v) is 3.24. The van der Waals surface area contributed by atoms with E-state index in [1.54, 1.807) is 6.92 Å². The molecular formula is C14H17N7O2S. The molecule has 0 radical (unpaired) electrons. The fraction of sp³-hybridized carbons (Fsp3) is 0.429. The van der Waals surface area contributed by atoms with Gasteiger partial charge in [-0.05, 0) is 19.3 Å². The van der Waals surface area contributed by atoms with Gasteiger partial charge < -0.3 is 5.73 Å². The summed E-state index contributed by atoms with van der Waals surface area (Å²) in [6.07, 6.45) is 1.22. The highest BCUT2D eigenvalue weighted by atomic mass is 32.2. The maximum Gasteiger partial charge on any atom is 0.237 e. The number of Topliss-reactive ketones (excluding diaryl/α,β-unsaturated/α-hetero) is 1. The van der Waals surface area contributed by atoms with Crippen LogP contribution in [-0.4, -0.2) is 42.6 Å². The van der Waals surface area contributed by atoms with Gasteiger partial charge in [-0.15, -0.1) is 5.10 Å². The van der Waals surface area contributed by atoms with Crippen molar-refractivity contribution in [2.24, 2.45) is 5.92 Å². The predicted molar refractivity (Wildman–Crippen MR) is 88.7 cm³/mol. The summed E-state index contributed by atoms with van der Waals surface area (Å²) in [4.78, 5) is 36.6. The number of aromatic nitrogens is 5. The number of aromatic amines is 1. The maximum atomic E-state index is 12.1. The van der Waals surface area contributed by atoms with Crippen LogP contribution in [0.2, 0.25) is 0 Å². The molecule has 10 heteroatoms. The van der Waals surface area contributed by atoms with Crippen LogP contribution in [-0.2, 0) is 11.2 Å². The van der Waals surface area contributed by atoms with E-state index in [2.05, 4.69) is 30.5 Å². The summed E-state index contributed by atoms with van der Waals surface area (Å²) in [6, 6.07) is 0. The minimum atomic E-state index is -0.280. The molecule has 4 N–H and O–H groups in total. The van der Waals surface area contributed by atoms with Gasteiger partial charge in [-0.1, -0.05) is 18.7 Å². The van der Waals surface area contributed by atoms with E-state index >= 15 is 0 Å². The van der Waals surface area contributed by atoms with E-state index < -0.39 is 0 Å². The van der Waals surface area contributed by atoms with Gasteiger partial charge in [0.15, 0.2) is 5.78 Å². The van der Waals surface area contributed by atoms with E-state index in [-0.39, 0.29) is 35.3 Å². The number of amides is 1. The van der Waals surface area contributed by atoms with Gasteiger partial charge in [0.25, 0.3) is 0 Å². The molecule has 126 valence electrons. The minimum Gasteiger partial charge on any atom is -0.368 e. The van der Waals surface area contributed by atoms with E-state index in [0.717, 1.165) is 11.8 Å². The first-order valence-corrected chi connectivity index (χ1v) is 8.42. The lowest BCUT2D eigenvalue weighted by Gasteiger charge is -2.21. The van der Waals surface area contributed by atoms with Gasteiger partial charge in [-0.2, -0.15) is 4.98 Å². The van der Waals surface area contributed by atoms with Crippen LogP contribution in [0, 0.1) is 12.8 Å². The van der Waals surface area contributed by atoms with Crippen molar-refractivity contribution in [1.29, 1.82) is 0 Å². The number of nitrogens with zero attached hydrogens (tertiary/aromatic N) is 4. The van der Waals surface area contributed by atoms with Gasteiger partial charge >= 0.3 is 0 Å². The lowest BCUT2D eigenvalue weighted by molar-refractivity contribution is -0.113. The van der Waals surface area contributed by atoms with Gasteiger partial charge in [0.2, 0.25) is 23.0 Å². The van der Waals surface area contributed by atoms with Crippen LogP contribution < -0.4 is 11.1 Å². The second-order valence-corrected chi connectivity index (χ2v) is 6.67. The third kappa shape index (κ3) is 3.53. The van der Waals surface area contributed by atoms with Crippen molar-refractivity contribution in [1.82, 2.24) is 25.1 Å². The Hall–Kier alpha value is -2.49. The van der Waals surface area contributed by atoms with Crippen molar-refractivity contribution in [2.45, 2.75) is 31.8 Å². The van der Waals surface area contributed by atoms with E-state index in [4.69, 9.17) is 5.73 Å². The molecule has 0 fully saturated rings. The normalized spacial score (nSPS) is 16.8. The highest BCUT2D eigenvalue weighted by Crippen LogP contribution is 2.26. The fourth-order valence-electron chi connectivity index (χ4n) is 2.63. The molecular weight excluding hydrogens is 330 g/mol. The van der Waals surface area contributed by atoms with Gasteiger partial charge in [0.1, 0.15) is 0 Å². The molecule has 0 unspecified atom stereocenters. The molecule has 2 aromatic heterocycles. The van der Waals surface area contributed by atoms with Gasteiger partial charge in [-0.25, -0.2) is 15.1 Å². The summed E-state index contributed by atoms with van der Waals surface area (Å²) in [7, 11) is 0. The molecule has 0 aromatic carbocycles. The number of ketones is 1. The summed E-state index contributed by atoms with van der Waals surface area (Å²) in [5, 5.41) is 9.38. The van der Waals surface area contributed by atoms with Crippen LogP contribution in [0.1, 0.15) is 35.1 Å². The zero-order chi connectivity index (χ0) is 17.3. The van der Waals surface area contributed by atoms with Gasteiger partial charge in [0.05, 0.1) is 22.7 Å². The van der Waals surface area contributed by atoms with E-state index in [0.29, 0.717) is 34.9 Å². The number of nitrogens with one attached hydrogen (secondary N) is 2. The van der Waals surface area contributed by atoms with Crippen LogP contribution in [0.4, 0.5) is 11.9 Å². The zero-order valence-corrected chi connectivity index (χ0v) is 14.1. The summed E-state index contributed by atoms with van der Waals surface area (Å²) in [6.45, 7) is 3.77. The van der Waals surface area contributed by atoms with Crippen LogP contribution in [0.5, 0.6) is 0 Å². The van der Waals surface area contributed by atoms with Crippen molar-refractivity contribution < 1.29 is 9.59 Å². The summed E-state index contributed by atoms with van der Waals surface area (Å²) < 4.78 is 0. The Kier molecular flexibility index (Phi) is 4.47. The Labute approximate surface area is 142 Å². The number of nitrogen functional groups attached to an aromatic ring is 1. The second kappa shape index (κ2) is 6.56. The predicted octanol–water partition coefficient (Wildman–Crippen LogP) is 0.981. The largest absolute Gasteiger partial charge is 0.368 e. The Morgan fingerprint density at radius 2 is 2.17 bits per heavy atom. The first kappa shape index (κ1) is 16.4. The number of H-pyrrole nitrogens is 1. The smallest absolute Gasteiger partial charge is 0.237 e. The van der Waals surface area contributed by atoms with Crippen molar-refractivity contribution in [3.63, 3.8) is 0 Å². The molecule has 24 heavy (non-hydrogen) atoms. The first-order valence-electron chi connectivity index (χ1n) is 7.43. The molecule has 3 rings (SSSR count). The lowest BCUT2D eigenvalue weighted by Crippen LogP contribution is -2.24. The van der Waals surface area contributed by atoms with Crippen LogP contribution in [0.3, 0.4) is 0 Å². The number of rotatable bonds is 4. The topological polar surface area (TPSA) is 140 Å². The van der Waals surface area contributed by atoms with Crippen molar-refractivity contribution in [2.75, 3.05) is 16.8 Å². The number of fused-ring (bicyclic) bond motifs is 1. The number of carbonyl (C=O) groups is 2. The molecule has 1 aliphatic rings. The van der Waals surface area contributed by atoms with Gasteiger partial charge in [-0.3, -0.25) is 14.9 Å². The van der Waals surface area contributed by atoms with Crippen molar-refractivity contribution in [3.8, 4) is 0 Å². The third-order valence-electron chi connectivity index (χ3n) is 3.59. The second-order valence-electron chi connectivity index (χ2n) is 5.73. The minimum absolute atomic E-state index is 0.0666. The summed E-state index contributed by atoms with van der Waals surface area (Å²) in [5.74, 6) is 0.550. The number of hydrogen-bond acceptors (Lipinski definition) is 8. The van der Waals surface area contributed by atoms with Crippen LogP contribution in [0.25, 0.3) is 0 Å². The van der Waals surface area contributed by atoms with Crippen LogP contribution >= 0.6 is 11.8 Å². The SMILES string of the molecule is Cc1nc(NC(=O)CSc2n[nH]c(N)n2)nc2c1C(=O)C[C@@H](C)C2. The number of anilines is 2. The molecule has 0 spiro atoms. The first-order chi connectivity index (χ1) is 11.4. The highest BCUT2D eigenvalue weighted by Gasteiger charge is 2.26. The monoisotopic (exact) mass is 347 g/mol. The standard InChI is InChI=1S/C14H17N7O2S/c1-6-3-8-11(9(22)4-6)7(2)16-13(17-8)18-10(23)5-24-14-19-12(15)20-21-14/h6H,3-5H2,1-2H3,(H3,15,19,20,21)(H,16,17,18,23)/t6-/m0/s1. The summed E-state index contributed by atoms with van der Waals surface area (Å²) in [5.41, 5.74) is 7.32.